The molecule has 1 aromatic rings. The van der Waals surface area contributed by atoms with Crippen molar-refractivity contribution >= 4 is 23.5 Å². The Morgan fingerprint density at radius 1 is 1.22 bits per heavy atom. The number of halogens is 1. The fourth-order valence-corrected chi connectivity index (χ4v) is 2.78. The van der Waals surface area contributed by atoms with Gasteiger partial charge >= 0.3 is 0 Å². The first-order chi connectivity index (χ1) is 8.67. The van der Waals surface area contributed by atoms with Gasteiger partial charge in [0.15, 0.2) is 0 Å². The molecule has 18 heavy (non-hydrogen) atoms. The molecule has 1 aliphatic carbocycles. The second kappa shape index (κ2) is 6.18. The largest absolute Gasteiger partial charge is 0.368 e. The molecule has 0 amide bonds. The highest BCUT2D eigenvalue weighted by molar-refractivity contribution is 6.28. The van der Waals surface area contributed by atoms with Crippen LogP contribution in [0, 0.1) is 5.92 Å². The van der Waals surface area contributed by atoms with Gasteiger partial charge < -0.3 is 11.1 Å². The summed E-state index contributed by atoms with van der Waals surface area (Å²) < 4.78 is 0. The Labute approximate surface area is 113 Å². The molecule has 5 nitrogen and oxygen atoms in total. The summed E-state index contributed by atoms with van der Waals surface area (Å²) in [7, 11) is 0. The van der Waals surface area contributed by atoms with E-state index in [4.69, 9.17) is 17.3 Å². The van der Waals surface area contributed by atoms with Gasteiger partial charge in [0.25, 0.3) is 0 Å². The number of nitrogens with zero attached hydrogens (tertiary/aromatic N) is 3. The lowest BCUT2D eigenvalue weighted by atomic mass is 9.83. The summed E-state index contributed by atoms with van der Waals surface area (Å²) in [6.45, 7) is 2.25. The number of nitrogen functional groups attached to an aromatic ring is 1. The highest BCUT2D eigenvalue weighted by atomic mass is 35.5. The van der Waals surface area contributed by atoms with E-state index >= 15 is 0 Å². The molecule has 1 fully saturated rings. The number of hydrogen-bond acceptors (Lipinski definition) is 5. The van der Waals surface area contributed by atoms with Crippen molar-refractivity contribution in [1.29, 1.82) is 0 Å². The molecule has 0 saturated heterocycles. The van der Waals surface area contributed by atoms with Crippen LogP contribution in [0.3, 0.4) is 0 Å². The van der Waals surface area contributed by atoms with Gasteiger partial charge in [0.2, 0.25) is 17.2 Å². The molecular weight excluding hydrogens is 250 g/mol. The van der Waals surface area contributed by atoms with E-state index < -0.39 is 0 Å². The van der Waals surface area contributed by atoms with Crippen molar-refractivity contribution < 1.29 is 0 Å². The third-order valence-electron chi connectivity index (χ3n) is 3.50. The van der Waals surface area contributed by atoms with Gasteiger partial charge in [-0.25, -0.2) is 0 Å². The zero-order chi connectivity index (χ0) is 13.0. The standard InChI is InChI=1S/C12H20ClN5/c1-2-3-8-4-6-9(7-5-8)15-12-17-10(13)16-11(14)18-12/h8-9H,2-7H2,1H3,(H3,14,15,16,17,18). The van der Waals surface area contributed by atoms with Crippen molar-refractivity contribution in [2.45, 2.75) is 51.5 Å². The van der Waals surface area contributed by atoms with Gasteiger partial charge in [-0.15, -0.1) is 0 Å². The summed E-state index contributed by atoms with van der Waals surface area (Å²) in [5, 5.41) is 3.44. The number of rotatable bonds is 4. The van der Waals surface area contributed by atoms with Gasteiger partial charge in [-0.3, -0.25) is 0 Å². The Balaban J connectivity index is 1.87. The van der Waals surface area contributed by atoms with Gasteiger partial charge in [0.1, 0.15) is 0 Å². The molecule has 1 heterocycles. The van der Waals surface area contributed by atoms with Gasteiger partial charge in [-0.1, -0.05) is 19.8 Å². The normalized spacial score (nSPS) is 23.9. The lowest BCUT2D eigenvalue weighted by Crippen LogP contribution is -2.27. The second-order valence-electron chi connectivity index (χ2n) is 4.94. The summed E-state index contributed by atoms with van der Waals surface area (Å²) in [6.07, 6.45) is 7.50. The first kappa shape index (κ1) is 13.3. The van der Waals surface area contributed by atoms with Crippen molar-refractivity contribution in [1.82, 2.24) is 15.0 Å². The number of aromatic nitrogens is 3. The van der Waals surface area contributed by atoms with Crippen LogP contribution in [-0.4, -0.2) is 21.0 Å². The highest BCUT2D eigenvalue weighted by Gasteiger charge is 2.21. The molecular formula is C12H20ClN5. The predicted octanol–water partition coefficient (Wildman–Crippen LogP) is 2.88. The van der Waals surface area contributed by atoms with E-state index in [2.05, 4.69) is 27.2 Å². The number of hydrogen-bond donors (Lipinski definition) is 2. The fraction of sp³-hybridized carbons (Fsp3) is 0.750. The lowest BCUT2D eigenvalue weighted by Gasteiger charge is -2.28. The van der Waals surface area contributed by atoms with Crippen LogP contribution in [0.15, 0.2) is 0 Å². The number of nitrogens with two attached hydrogens (primary N) is 1. The average Bonchev–Trinajstić information content (AvgIpc) is 2.31. The molecule has 100 valence electrons. The molecule has 2 rings (SSSR count). The molecule has 1 aromatic heterocycles. The zero-order valence-electron chi connectivity index (χ0n) is 10.7. The van der Waals surface area contributed by atoms with Crippen molar-refractivity contribution in [3.63, 3.8) is 0 Å². The van der Waals surface area contributed by atoms with Crippen LogP contribution in [0.2, 0.25) is 5.28 Å². The average molecular weight is 270 g/mol. The summed E-state index contributed by atoms with van der Waals surface area (Å²) in [5.74, 6) is 1.55. The lowest BCUT2D eigenvalue weighted by molar-refractivity contribution is 0.318. The van der Waals surface area contributed by atoms with E-state index in [0.717, 1.165) is 18.8 Å². The summed E-state index contributed by atoms with van der Waals surface area (Å²) in [6, 6.07) is 0.427. The molecule has 0 radical (unpaired) electrons. The molecule has 3 N–H and O–H groups in total. The first-order valence-corrected chi connectivity index (χ1v) is 6.98. The number of anilines is 2. The van der Waals surface area contributed by atoms with Crippen LogP contribution in [0.5, 0.6) is 0 Å². The maximum atomic E-state index is 5.75. The minimum absolute atomic E-state index is 0.143. The Morgan fingerprint density at radius 2 is 1.94 bits per heavy atom. The van der Waals surface area contributed by atoms with E-state index in [1.54, 1.807) is 0 Å². The fourth-order valence-electron chi connectivity index (χ4n) is 2.62. The Bertz CT molecular complexity index is 370. The second-order valence-corrected chi connectivity index (χ2v) is 5.27. The van der Waals surface area contributed by atoms with Gasteiger partial charge in [-0.05, 0) is 43.2 Å². The van der Waals surface area contributed by atoms with E-state index in [0.29, 0.717) is 12.0 Å². The van der Waals surface area contributed by atoms with Crippen LogP contribution in [0.25, 0.3) is 0 Å². The molecule has 0 unspecified atom stereocenters. The van der Waals surface area contributed by atoms with Crippen LogP contribution >= 0.6 is 11.6 Å². The van der Waals surface area contributed by atoms with Crippen LogP contribution in [0.4, 0.5) is 11.9 Å². The third kappa shape index (κ3) is 3.70. The Hall–Kier alpha value is -1.10. The van der Waals surface area contributed by atoms with E-state index in [-0.39, 0.29) is 11.2 Å². The predicted molar refractivity (Wildman–Crippen MR) is 73.5 cm³/mol. The SMILES string of the molecule is CCCC1CCC(Nc2nc(N)nc(Cl)n2)CC1. The molecule has 0 aliphatic heterocycles. The maximum absolute atomic E-state index is 5.75. The van der Waals surface area contributed by atoms with E-state index in [1.165, 1.54) is 25.7 Å². The highest BCUT2D eigenvalue weighted by Crippen LogP contribution is 2.29. The van der Waals surface area contributed by atoms with E-state index in [9.17, 15) is 0 Å². The summed E-state index contributed by atoms with van der Waals surface area (Å²) in [4.78, 5) is 11.8. The van der Waals surface area contributed by atoms with Crippen molar-refractivity contribution in [2.75, 3.05) is 11.1 Å². The molecule has 6 heteroatoms. The van der Waals surface area contributed by atoms with Crippen LogP contribution in [-0.2, 0) is 0 Å². The molecule has 0 atom stereocenters. The third-order valence-corrected chi connectivity index (χ3v) is 3.67. The topological polar surface area (TPSA) is 76.7 Å². The number of nitrogens with one attached hydrogen (secondary N) is 1. The molecule has 1 aliphatic rings. The monoisotopic (exact) mass is 269 g/mol. The van der Waals surface area contributed by atoms with E-state index in [1.807, 2.05) is 0 Å². The van der Waals surface area contributed by atoms with Crippen LogP contribution in [0.1, 0.15) is 45.4 Å². The molecule has 0 bridgehead atoms. The molecule has 0 aromatic carbocycles. The maximum Gasteiger partial charge on any atom is 0.229 e. The zero-order valence-corrected chi connectivity index (χ0v) is 11.5. The first-order valence-electron chi connectivity index (χ1n) is 6.61. The molecule has 1 saturated carbocycles. The van der Waals surface area contributed by atoms with Crippen LogP contribution < -0.4 is 11.1 Å². The Morgan fingerprint density at radius 3 is 2.56 bits per heavy atom. The minimum atomic E-state index is 0.143. The molecule has 0 spiro atoms. The van der Waals surface area contributed by atoms with Crippen molar-refractivity contribution in [3.05, 3.63) is 5.28 Å². The van der Waals surface area contributed by atoms with Gasteiger partial charge in [0, 0.05) is 6.04 Å². The summed E-state index contributed by atoms with van der Waals surface area (Å²) >= 11 is 5.75. The smallest absolute Gasteiger partial charge is 0.229 e. The van der Waals surface area contributed by atoms with Crippen molar-refractivity contribution in [2.24, 2.45) is 5.92 Å². The quantitative estimate of drug-likeness (QED) is 0.879. The Kier molecular flexibility index (Phi) is 4.58. The summed E-state index contributed by atoms with van der Waals surface area (Å²) in [5.41, 5.74) is 5.54. The van der Waals surface area contributed by atoms with Gasteiger partial charge in [-0.2, -0.15) is 15.0 Å². The van der Waals surface area contributed by atoms with Gasteiger partial charge in [0.05, 0.1) is 0 Å². The van der Waals surface area contributed by atoms with Crippen molar-refractivity contribution in [3.8, 4) is 0 Å². The minimum Gasteiger partial charge on any atom is -0.368 e.